The molecule has 2 aromatic rings. The van der Waals surface area contributed by atoms with Gasteiger partial charge >= 0.3 is 12.1 Å². The Morgan fingerprint density at radius 3 is 2.32 bits per heavy atom. The highest BCUT2D eigenvalue weighted by atomic mass is 19.4. The molecule has 25 heavy (non-hydrogen) atoms. The molecular weight excluding hydrogens is 341 g/mol. The molecule has 0 saturated carbocycles. The molecule has 2 N–H and O–H groups in total. The van der Waals surface area contributed by atoms with Crippen LogP contribution in [0.1, 0.15) is 10.4 Å². The minimum atomic E-state index is -4.99. The number of ether oxygens (including phenoxy) is 2. The van der Waals surface area contributed by atoms with Crippen LogP contribution in [0.4, 0.5) is 24.5 Å². The topological polar surface area (TPSA) is 76.7 Å². The van der Waals surface area contributed by atoms with Crippen LogP contribution in [-0.2, 0) is 4.79 Å². The molecule has 2 amide bonds. The Morgan fingerprint density at radius 1 is 0.920 bits per heavy atom. The maximum atomic E-state index is 12.3. The molecule has 9 heteroatoms. The first-order valence-electron chi connectivity index (χ1n) is 7.02. The van der Waals surface area contributed by atoms with Gasteiger partial charge in [-0.25, -0.2) is 0 Å². The summed E-state index contributed by atoms with van der Waals surface area (Å²) in [6, 6.07) is 9.98. The average molecular weight is 352 g/mol. The van der Waals surface area contributed by atoms with Crippen LogP contribution < -0.4 is 20.1 Å². The molecule has 1 aliphatic heterocycles. The van der Waals surface area contributed by atoms with Gasteiger partial charge in [-0.2, -0.15) is 13.2 Å². The molecule has 130 valence electrons. The Morgan fingerprint density at radius 2 is 1.60 bits per heavy atom. The molecule has 0 bridgehead atoms. The largest absolute Gasteiger partial charge is 0.471 e. The first-order chi connectivity index (χ1) is 11.8. The summed E-state index contributed by atoms with van der Waals surface area (Å²) in [5.41, 5.74) is 0.419. The lowest BCUT2D eigenvalue weighted by atomic mass is 10.2. The summed E-state index contributed by atoms with van der Waals surface area (Å²) < 4.78 is 47.1. The van der Waals surface area contributed by atoms with Crippen LogP contribution in [0.3, 0.4) is 0 Å². The number of carbonyl (C=O) groups is 2. The molecule has 0 saturated heterocycles. The third kappa shape index (κ3) is 3.82. The molecule has 0 unspecified atom stereocenters. The van der Waals surface area contributed by atoms with Crippen molar-refractivity contribution in [2.45, 2.75) is 6.18 Å². The molecule has 6 nitrogen and oxygen atoms in total. The number of hydrogen-bond donors (Lipinski definition) is 2. The van der Waals surface area contributed by atoms with Crippen molar-refractivity contribution in [3.05, 3.63) is 48.0 Å². The van der Waals surface area contributed by atoms with Gasteiger partial charge in [0.2, 0.25) is 6.79 Å². The predicted molar refractivity (Wildman–Crippen MR) is 81.6 cm³/mol. The SMILES string of the molecule is O=C(Nc1cccc(NC(=O)C(F)(F)F)c1)c1ccc2c(c1)OCO2. The standard InChI is InChI=1S/C16H11F3N2O4/c17-16(18,19)15(23)21-11-3-1-2-10(7-11)20-14(22)9-4-5-12-13(6-9)25-8-24-12/h1-7H,8H2,(H,20,22)(H,21,23). The van der Waals surface area contributed by atoms with E-state index in [2.05, 4.69) is 5.32 Å². The molecule has 0 spiro atoms. The van der Waals surface area contributed by atoms with E-state index in [1.807, 2.05) is 0 Å². The van der Waals surface area contributed by atoms with Crippen LogP contribution in [0.5, 0.6) is 11.5 Å². The predicted octanol–water partition coefficient (Wildman–Crippen LogP) is 3.17. The molecule has 1 heterocycles. The Bertz CT molecular complexity index is 836. The van der Waals surface area contributed by atoms with Crippen LogP contribution in [0.15, 0.2) is 42.5 Å². The summed E-state index contributed by atoms with van der Waals surface area (Å²) in [7, 11) is 0. The molecule has 0 aromatic heterocycles. The van der Waals surface area contributed by atoms with Gasteiger partial charge in [0.25, 0.3) is 5.91 Å². The minimum absolute atomic E-state index is 0.0708. The fraction of sp³-hybridized carbons (Fsp3) is 0.125. The molecule has 0 atom stereocenters. The Kier molecular flexibility index (Phi) is 4.22. The smallest absolute Gasteiger partial charge is 0.454 e. The van der Waals surface area contributed by atoms with Crippen molar-refractivity contribution in [1.82, 2.24) is 0 Å². The number of carbonyl (C=O) groups excluding carboxylic acids is 2. The van der Waals surface area contributed by atoms with E-state index in [-0.39, 0.29) is 23.7 Å². The second kappa shape index (κ2) is 6.34. The molecule has 0 aliphatic carbocycles. The Hall–Kier alpha value is -3.23. The number of fused-ring (bicyclic) bond motifs is 1. The van der Waals surface area contributed by atoms with Crippen LogP contribution in [0.2, 0.25) is 0 Å². The van der Waals surface area contributed by atoms with Crippen LogP contribution in [-0.4, -0.2) is 24.8 Å². The Balaban J connectivity index is 1.71. The van der Waals surface area contributed by atoms with E-state index in [1.165, 1.54) is 36.4 Å². The lowest BCUT2D eigenvalue weighted by molar-refractivity contribution is -0.167. The summed E-state index contributed by atoms with van der Waals surface area (Å²) in [5, 5.41) is 4.25. The van der Waals surface area contributed by atoms with Crippen LogP contribution in [0.25, 0.3) is 0 Å². The number of rotatable bonds is 3. The quantitative estimate of drug-likeness (QED) is 0.890. The van der Waals surface area contributed by atoms with Gasteiger partial charge in [0.15, 0.2) is 11.5 Å². The minimum Gasteiger partial charge on any atom is -0.454 e. The normalized spacial score (nSPS) is 12.6. The zero-order valence-corrected chi connectivity index (χ0v) is 12.5. The van der Waals surface area contributed by atoms with Gasteiger partial charge in [-0.15, -0.1) is 0 Å². The first kappa shape index (κ1) is 16.6. The van der Waals surface area contributed by atoms with Crippen molar-refractivity contribution < 1.29 is 32.2 Å². The third-order valence-corrected chi connectivity index (χ3v) is 3.27. The molecule has 0 fully saturated rings. The van der Waals surface area contributed by atoms with Gasteiger partial charge in [-0.1, -0.05) is 6.07 Å². The van der Waals surface area contributed by atoms with Gasteiger partial charge in [-0.05, 0) is 36.4 Å². The Labute approximate surface area is 139 Å². The van der Waals surface area contributed by atoms with E-state index in [1.54, 1.807) is 11.4 Å². The molecular formula is C16H11F3N2O4. The highest BCUT2D eigenvalue weighted by molar-refractivity contribution is 6.05. The molecule has 1 aliphatic rings. The summed E-state index contributed by atoms with van der Waals surface area (Å²) in [6.45, 7) is 0.0708. The number of alkyl halides is 3. The fourth-order valence-electron chi connectivity index (χ4n) is 2.12. The van der Waals surface area contributed by atoms with Crippen molar-refractivity contribution in [3.8, 4) is 11.5 Å². The van der Waals surface area contributed by atoms with E-state index in [0.29, 0.717) is 11.5 Å². The van der Waals surface area contributed by atoms with Crippen molar-refractivity contribution in [2.75, 3.05) is 17.4 Å². The van der Waals surface area contributed by atoms with E-state index in [9.17, 15) is 22.8 Å². The van der Waals surface area contributed by atoms with Gasteiger partial charge < -0.3 is 20.1 Å². The summed E-state index contributed by atoms with van der Waals surface area (Å²) in [6.07, 6.45) is -4.99. The molecule has 2 aromatic carbocycles. The number of amides is 2. The zero-order chi connectivity index (χ0) is 18.0. The first-order valence-corrected chi connectivity index (χ1v) is 7.02. The van der Waals surface area contributed by atoms with E-state index in [4.69, 9.17) is 9.47 Å². The van der Waals surface area contributed by atoms with E-state index < -0.39 is 18.0 Å². The summed E-state index contributed by atoms with van der Waals surface area (Å²) in [5.74, 6) is -1.63. The number of nitrogens with one attached hydrogen (secondary N) is 2. The van der Waals surface area contributed by atoms with Gasteiger partial charge in [-0.3, -0.25) is 9.59 Å². The third-order valence-electron chi connectivity index (χ3n) is 3.27. The van der Waals surface area contributed by atoms with Crippen molar-refractivity contribution in [2.24, 2.45) is 0 Å². The van der Waals surface area contributed by atoms with Crippen molar-refractivity contribution in [1.29, 1.82) is 0 Å². The van der Waals surface area contributed by atoms with Crippen LogP contribution in [0, 0.1) is 0 Å². The van der Waals surface area contributed by atoms with Gasteiger partial charge in [0, 0.05) is 16.9 Å². The van der Waals surface area contributed by atoms with E-state index in [0.717, 1.165) is 0 Å². The second-order valence-electron chi connectivity index (χ2n) is 5.05. The number of halogens is 3. The highest BCUT2D eigenvalue weighted by Crippen LogP contribution is 2.32. The number of hydrogen-bond acceptors (Lipinski definition) is 4. The number of anilines is 2. The zero-order valence-electron chi connectivity index (χ0n) is 12.5. The van der Waals surface area contributed by atoms with Gasteiger partial charge in [0.05, 0.1) is 0 Å². The summed E-state index contributed by atoms with van der Waals surface area (Å²) in [4.78, 5) is 23.2. The average Bonchev–Trinajstić information content (AvgIpc) is 3.01. The maximum absolute atomic E-state index is 12.3. The number of benzene rings is 2. The monoisotopic (exact) mass is 352 g/mol. The fourth-order valence-corrected chi connectivity index (χ4v) is 2.12. The summed E-state index contributed by atoms with van der Waals surface area (Å²) >= 11 is 0. The highest BCUT2D eigenvalue weighted by Gasteiger charge is 2.38. The maximum Gasteiger partial charge on any atom is 0.471 e. The van der Waals surface area contributed by atoms with Crippen LogP contribution >= 0.6 is 0 Å². The van der Waals surface area contributed by atoms with Gasteiger partial charge in [0.1, 0.15) is 0 Å². The lowest BCUT2D eigenvalue weighted by Gasteiger charge is -2.10. The van der Waals surface area contributed by atoms with Crippen molar-refractivity contribution in [3.63, 3.8) is 0 Å². The van der Waals surface area contributed by atoms with Crippen molar-refractivity contribution >= 4 is 23.2 Å². The lowest BCUT2D eigenvalue weighted by Crippen LogP contribution is -2.29. The van der Waals surface area contributed by atoms with E-state index >= 15 is 0 Å². The second-order valence-corrected chi connectivity index (χ2v) is 5.05. The molecule has 0 radical (unpaired) electrons. The molecule has 3 rings (SSSR count).